The second-order valence-electron chi connectivity index (χ2n) is 3.86. The number of benzene rings is 1. The maximum absolute atomic E-state index is 8.58. The quantitative estimate of drug-likeness (QED) is 0.382. The fraction of sp³-hybridized carbons (Fsp3) is 0.167. The fourth-order valence-corrected chi connectivity index (χ4v) is 2.24. The summed E-state index contributed by atoms with van der Waals surface area (Å²) in [7, 11) is 2.01. The van der Waals surface area contributed by atoms with Crippen molar-refractivity contribution in [3.05, 3.63) is 46.4 Å². The van der Waals surface area contributed by atoms with Crippen molar-refractivity contribution < 1.29 is 5.21 Å². The number of amidine groups is 1. The fourth-order valence-electron chi connectivity index (χ4n) is 1.59. The average Bonchev–Trinajstić information content (AvgIpc) is 2.91. The van der Waals surface area contributed by atoms with E-state index in [0.29, 0.717) is 5.56 Å². The standard InChI is InChI=1S/C12H14N4OS/c1-16(7-11-6-14-8-18-11)10-4-2-9(3-5-10)12(13)15-17/h2-6,8,17H,7H2,1H3,(H2,13,15). The number of hydrogen-bond donors (Lipinski definition) is 2. The van der Waals surface area contributed by atoms with Crippen LogP contribution >= 0.6 is 11.3 Å². The van der Waals surface area contributed by atoms with E-state index in [2.05, 4.69) is 15.0 Å². The predicted octanol–water partition coefficient (Wildman–Crippen LogP) is 1.87. The van der Waals surface area contributed by atoms with Gasteiger partial charge in [-0.05, 0) is 24.3 Å². The molecule has 1 aromatic heterocycles. The van der Waals surface area contributed by atoms with Gasteiger partial charge < -0.3 is 15.8 Å². The van der Waals surface area contributed by atoms with Crippen LogP contribution in [-0.4, -0.2) is 23.1 Å². The highest BCUT2D eigenvalue weighted by Crippen LogP contribution is 2.17. The van der Waals surface area contributed by atoms with E-state index < -0.39 is 0 Å². The summed E-state index contributed by atoms with van der Waals surface area (Å²) in [6.07, 6.45) is 1.87. The average molecular weight is 262 g/mol. The summed E-state index contributed by atoms with van der Waals surface area (Å²) in [6.45, 7) is 0.813. The van der Waals surface area contributed by atoms with Crippen LogP contribution in [0.2, 0.25) is 0 Å². The number of nitrogens with two attached hydrogens (primary N) is 1. The van der Waals surface area contributed by atoms with Gasteiger partial charge in [0.25, 0.3) is 0 Å². The molecule has 0 aliphatic heterocycles. The van der Waals surface area contributed by atoms with E-state index in [0.717, 1.165) is 12.2 Å². The lowest BCUT2D eigenvalue weighted by Gasteiger charge is -2.18. The van der Waals surface area contributed by atoms with Gasteiger partial charge in [0.15, 0.2) is 5.84 Å². The second kappa shape index (κ2) is 5.50. The molecule has 0 saturated heterocycles. The summed E-state index contributed by atoms with van der Waals surface area (Å²) in [4.78, 5) is 7.37. The van der Waals surface area contributed by atoms with Crippen LogP contribution in [0.1, 0.15) is 10.4 Å². The molecule has 3 N–H and O–H groups in total. The summed E-state index contributed by atoms with van der Waals surface area (Å²) in [5.41, 5.74) is 9.10. The van der Waals surface area contributed by atoms with Crippen LogP contribution in [-0.2, 0) is 6.54 Å². The topological polar surface area (TPSA) is 74.7 Å². The van der Waals surface area contributed by atoms with E-state index in [4.69, 9.17) is 10.9 Å². The molecule has 18 heavy (non-hydrogen) atoms. The first-order valence-corrected chi connectivity index (χ1v) is 6.25. The molecule has 0 saturated carbocycles. The van der Waals surface area contributed by atoms with Gasteiger partial charge in [-0.3, -0.25) is 4.98 Å². The summed E-state index contributed by atoms with van der Waals surface area (Å²) in [5, 5.41) is 11.6. The first kappa shape index (κ1) is 12.4. The molecule has 0 fully saturated rings. The second-order valence-corrected chi connectivity index (χ2v) is 4.83. The van der Waals surface area contributed by atoms with Gasteiger partial charge in [-0.1, -0.05) is 5.16 Å². The predicted molar refractivity (Wildman–Crippen MR) is 73.2 cm³/mol. The highest BCUT2D eigenvalue weighted by atomic mass is 32.1. The molecule has 0 aliphatic carbocycles. The summed E-state index contributed by atoms with van der Waals surface area (Å²) in [6, 6.07) is 7.53. The van der Waals surface area contributed by atoms with E-state index in [-0.39, 0.29) is 5.84 Å². The Balaban J connectivity index is 2.09. The van der Waals surface area contributed by atoms with Gasteiger partial charge in [0.1, 0.15) is 0 Å². The van der Waals surface area contributed by atoms with Gasteiger partial charge in [0, 0.05) is 29.4 Å². The minimum atomic E-state index is 0.117. The third-order valence-electron chi connectivity index (χ3n) is 2.59. The molecular weight excluding hydrogens is 248 g/mol. The van der Waals surface area contributed by atoms with E-state index >= 15 is 0 Å². The van der Waals surface area contributed by atoms with Crippen molar-refractivity contribution in [3.8, 4) is 0 Å². The minimum Gasteiger partial charge on any atom is -0.409 e. The molecule has 0 aliphatic rings. The first-order valence-electron chi connectivity index (χ1n) is 5.37. The minimum absolute atomic E-state index is 0.117. The highest BCUT2D eigenvalue weighted by Gasteiger charge is 2.04. The van der Waals surface area contributed by atoms with E-state index in [9.17, 15) is 0 Å². The van der Waals surface area contributed by atoms with Crippen molar-refractivity contribution >= 4 is 22.9 Å². The molecule has 2 aromatic rings. The molecule has 2 rings (SSSR count). The van der Waals surface area contributed by atoms with E-state index in [1.165, 1.54) is 4.88 Å². The Kier molecular flexibility index (Phi) is 3.78. The van der Waals surface area contributed by atoms with Crippen LogP contribution in [0.3, 0.4) is 0 Å². The Labute approximate surface area is 109 Å². The molecule has 0 radical (unpaired) electrons. The van der Waals surface area contributed by atoms with Crippen molar-refractivity contribution in [1.82, 2.24) is 4.98 Å². The number of rotatable bonds is 4. The lowest BCUT2D eigenvalue weighted by Crippen LogP contribution is -2.16. The molecule has 0 unspecified atom stereocenters. The molecule has 1 heterocycles. The van der Waals surface area contributed by atoms with Gasteiger partial charge in [0.05, 0.1) is 12.1 Å². The third-order valence-corrected chi connectivity index (χ3v) is 3.35. The number of nitrogens with zero attached hydrogens (tertiary/aromatic N) is 3. The molecule has 0 atom stereocenters. The maximum Gasteiger partial charge on any atom is 0.170 e. The van der Waals surface area contributed by atoms with Gasteiger partial charge >= 0.3 is 0 Å². The molecule has 0 spiro atoms. The largest absolute Gasteiger partial charge is 0.409 e. The van der Waals surface area contributed by atoms with Gasteiger partial charge in [-0.15, -0.1) is 11.3 Å². The third kappa shape index (κ3) is 2.78. The Morgan fingerprint density at radius 3 is 2.72 bits per heavy atom. The molecular formula is C12H14N4OS. The van der Waals surface area contributed by atoms with Crippen LogP contribution in [0.25, 0.3) is 0 Å². The summed E-state index contributed by atoms with van der Waals surface area (Å²) >= 11 is 1.63. The monoisotopic (exact) mass is 262 g/mol. The van der Waals surface area contributed by atoms with Crippen LogP contribution in [0, 0.1) is 0 Å². The van der Waals surface area contributed by atoms with E-state index in [1.54, 1.807) is 11.3 Å². The highest BCUT2D eigenvalue weighted by molar-refractivity contribution is 7.09. The number of aromatic nitrogens is 1. The van der Waals surface area contributed by atoms with E-state index in [1.807, 2.05) is 43.0 Å². The van der Waals surface area contributed by atoms with Crippen LogP contribution in [0.4, 0.5) is 5.69 Å². The molecule has 0 bridgehead atoms. The van der Waals surface area contributed by atoms with Crippen molar-refractivity contribution in [2.24, 2.45) is 10.9 Å². The first-order chi connectivity index (χ1) is 8.70. The smallest absolute Gasteiger partial charge is 0.170 e. The zero-order chi connectivity index (χ0) is 13.0. The van der Waals surface area contributed by atoms with Crippen molar-refractivity contribution in [3.63, 3.8) is 0 Å². The molecule has 6 heteroatoms. The Hall–Kier alpha value is -2.08. The van der Waals surface area contributed by atoms with Crippen molar-refractivity contribution in [1.29, 1.82) is 0 Å². The molecule has 0 amide bonds. The van der Waals surface area contributed by atoms with Gasteiger partial charge in [0.2, 0.25) is 0 Å². The van der Waals surface area contributed by atoms with Crippen LogP contribution in [0.5, 0.6) is 0 Å². The maximum atomic E-state index is 8.58. The normalized spacial score (nSPS) is 11.5. The Morgan fingerprint density at radius 2 is 2.17 bits per heavy atom. The van der Waals surface area contributed by atoms with Gasteiger partial charge in [-0.2, -0.15) is 0 Å². The number of hydrogen-bond acceptors (Lipinski definition) is 5. The SMILES string of the molecule is CN(Cc1cncs1)c1ccc(/C(N)=N/O)cc1. The van der Waals surface area contributed by atoms with Crippen LogP contribution in [0.15, 0.2) is 41.1 Å². The summed E-state index contributed by atoms with van der Waals surface area (Å²) < 4.78 is 0. The van der Waals surface area contributed by atoms with Gasteiger partial charge in [-0.25, -0.2) is 0 Å². The Morgan fingerprint density at radius 1 is 1.44 bits per heavy atom. The number of thiazole rings is 1. The zero-order valence-corrected chi connectivity index (χ0v) is 10.8. The summed E-state index contributed by atoms with van der Waals surface area (Å²) in [5.74, 6) is 0.117. The lowest BCUT2D eigenvalue weighted by atomic mass is 10.2. The Bertz CT molecular complexity index is 522. The zero-order valence-electron chi connectivity index (χ0n) is 9.95. The number of anilines is 1. The number of oxime groups is 1. The van der Waals surface area contributed by atoms with Crippen LogP contribution < -0.4 is 10.6 Å². The van der Waals surface area contributed by atoms with Crippen molar-refractivity contribution in [2.45, 2.75) is 6.54 Å². The van der Waals surface area contributed by atoms with Crippen molar-refractivity contribution in [2.75, 3.05) is 11.9 Å². The molecule has 5 nitrogen and oxygen atoms in total. The lowest BCUT2D eigenvalue weighted by molar-refractivity contribution is 0.318. The molecule has 1 aromatic carbocycles. The molecule has 94 valence electrons.